The summed E-state index contributed by atoms with van der Waals surface area (Å²) in [7, 11) is 0. The summed E-state index contributed by atoms with van der Waals surface area (Å²) in [5, 5.41) is 3.72. The molecule has 0 aromatic carbocycles. The quantitative estimate of drug-likeness (QED) is 0.610. The zero-order valence-electron chi connectivity index (χ0n) is 11.1. The van der Waals surface area contributed by atoms with Gasteiger partial charge < -0.3 is 10.1 Å². The third kappa shape index (κ3) is 5.31. The summed E-state index contributed by atoms with van der Waals surface area (Å²) in [6.45, 7) is 7.25. The van der Waals surface area contributed by atoms with Crippen molar-refractivity contribution < 1.29 is 4.74 Å². The van der Waals surface area contributed by atoms with Crippen molar-refractivity contribution in [2.45, 2.75) is 64.8 Å². The highest BCUT2D eigenvalue weighted by molar-refractivity contribution is 4.82. The first-order valence-corrected chi connectivity index (χ1v) is 7.19. The molecule has 1 aliphatic carbocycles. The Kier molecular flexibility index (Phi) is 7.87. The molecule has 96 valence electrons. The van der Waals surface area contributed by atoms with Crippen molar-refractivity contribution in [3.63, 3.8) is 0 Å². The molecule has 1 saturated carbocycles. The Morgan fingerprint density at radius 2 is 2.06 bits per heavy atom. The molecule has 0 radical (unpaired) electrons. The van der Waals surface area contributed by atoms with Gasteiger partial charge in [-0.05, 0) is 45.1 Å². The number of ether oxygens (including phenoxy) is 1. The highest BCUT2D eigenvalue weighted by Crippen LogP contribution is 2.29. The van der Waals surface area contributed by atoms with Crippen LogP contribution in [0.5, 0.6) is 0 Å². The fourth-order valence-electron chi connectivity index (χ4n) is 2.72. The molecule has 0 amide bonds. The largest absolute Gasteiger partial charge is 0.382 e. The highest BCUT2D eigenvalue weighted by Gasteiger charge is 2.25. The molecule has 0 heterocycles. The fourth-order valence-corrected chi connectivity index (χ4v) is 2.72. The molecule has 0 aromatic heterocycles. The number of hydrogen-bond donors (Lipinski definition) is 1. The van der Waals surface area contributed by atoms with Gasteiger partial charge in [-0.1, -0.05) is 26.2 Å². The Bertz CT molecular complexity index is 161. The van der Waals surface area contributed by atoms with Crippen molar-refractivity contribution in [3.05, 3.63) is 0 Å². The van der Waals surface area contributed by atoms with Gasteiger partial charge in [-0.3, -0.25) is 0 Å². The summed E-state index contributed by atoms with van der Waals surface area (Å²) in [6, 6.07) is 0.799. The summed E-state index contributed by atoms with van der Waals surface area (Å²) in [5.41, 5.74) is 0. The van der Waals surface area contributed by atoms with E-state index in [4.69, 9.17) is 4.74 Å². The van der Waals surface area contributed by atoms with E-state index in [0.29, 0.717) is 0 Å². The molecule has 2 nitrogen and oxygen atoms in total. The first-order valence-electron chi connectivity index (χ1n) is 7.19. The Hall–Kier alpha value is -0.0800. The molecule has 1 N–H and O–H groups in total. The number of rotatable bonds is 9. The minimum Gasteiger partial charge on any atom is -0.382 e. The predicted molar refractivity (Wildman–Crippen MR) is 69.8 cm³/mol. The van der Waals surface area contributed by atoms with E-state index in [2.05, 4.69) is 19.2 Å². The average molecular weight is 227 g/mol. The van der Waals surface area contributed by atoms with Crippen LogP contribution in [0.15, 0.2) is 0 Å². The van der Waals surface area contributed by atoms with E-state index in [-0.39, 0.29) is 0 Å². The maximum atomic E-state index is 5.35. The average Bonchev–Trinajstić information content (AvgIpc) is 2.74. The zero-order chi connectivity index (χ0) is 11.6. The van der Waals surface area contributed by atoms with E-state index < -0.39 is 0 Å². The number of hydrogen-bond acceptors (Lipinski definition) is 2. The van der Waals surface area contributed by atoms with Crippen molar-refractivity contribution in [2.24, 2.45) is 5.92 Å². The SMILES string of the molecule is CCCCC1CCCC1NCCCOCC. The maximum Gasteiger partial charge on any atom is 0.0477 e. The van der Waals surface area contributed by atoms with Crippen LogP contribution in [0.4, 0.5) is 0 Å². The van der Waals surface area contributed by atoms with Crippen LogP contribution in [-0.2, 0) is 4.74 Å². The molecule has 2 unspecified atom stereocenters. The third-order valence-electron chi connectivity index (χ3n) is 3.66. The Balaban J connectivity index is 2.05. The molecule has 2 heteroatoms. The molecule has 16 heavy (non-hydrogen) atoms. The van der Waals surface area contributed by atoms with Gasteiger partial charge in [0.05, 0.1) is 0 Å². The lowest BCUT2D eigenvalue weighted by atomic mass is 9.97. The standard InChI is InChI=1S/C14H29NO/c1-3-5-8-13-9-6-10-14(13)15-11-7-12-16-4-2/h13-15H,3-12H2,1-2H3. The number of unbranched alkanes of at least 4 members (excludes halogenated alkanes) is 1. The molecule has 1 rings (SSSR count). The van der Waals surface area contributed by atoms with Gasteiger partial charge >= 0.3 is 0 Å². The van der Waals surface area contributed by atoms with E-state index in [1.54, 1.807) is 0 Å². The van der Waals surface area contributed by atoms with Crippen LogP contribution < -0.4 is 5.32 Å². The first kappa shape index (κ1) is 14.0. The van der Waals surface area contributed by atoms with Crippen molar-refractivity contribution >= 4 is 0 Å². The minimum atomic E-state index is 0.799. The second-order valence-corrected chi connectivity index (χ2v) is 4.94. The molecule has 0 aliphatic heterocycles. The Labute approximate surface area is 101 Å². The normalized spacial score (nSPS) is 25.1. The van der Waals surface area contributed by atoms with Gasteiger partial charge in [-0.15, -0.1) is 0 Å². The molecular weight excluding hydrogens is 198 g/mol. The first-order chi connectivity index (χ1) is 7.88. The van der Waals surface area contributed by atoms with E-state index in [1.807, 2.05) is 0 Å². The number of nitrogens with one attached hydrogen (secondary N) is 1. The monoisotopic (exact) mass is 227 g/mol. The van der Waals surface area contributed by atoms with Gasteiger partial charge in [0.1, 0.15) is 0 Å². The van der Waals surface area contributed by atoms with Gasteiger partial charge in [0.2, 0.25) is 0 Å². The van der Waals surface area contributed by atoms with Crippen LogP contribution in [-0.4, -0.2) is 25.8 Å². The van der Waals surface area contributed by atoms with Crippen molar-refractivity contribution in [1.82, 2.24) is 5.32 Å². The van der Waals surface area contributed by atoms with Crippen LogP contribution in [0.25, 0.3) is 0 Å². The van der Waals surface area contributed by atoms with Crippen LogP contribution in [0.2, 0.25) is 0 Å². The summed E-state index contributed by atoms with van der Waals surface area (Å²) in [5.74, 6) is 0.951. The predicted octanol–water partition coefficient (Wildman–Crippen LogP) is 3.36. The van der Waals surface area contributed by atoms with Gasteiger partial charge in [0, 0.05) is 19.3 Å². The van der Waals surface area contributed by atoms with Gasteiger partial charge in [0.15, 0.2) is 0 Å². The molecule has 1 fully saturated rings. The lowest BCUT2D eigenvalue weighted by Gasteiger charge is -2.20. The molecule has 1 aliphatic rings. The van der Waals surface area contributed by atoms with E-state index in [0.717, 1.165) is 38.1 Å². The maximum absolute atomic E-state index is 5.35. The molecule has 2 atom stereocenters. The lowest BCUT2D eigenvalue weighted by molar-refractivity contribution is 0.143. The third-order valence-corrected chi connectivity index (χ3v) is 3.66. The lowest BCUT2D eigenvalue weighted by Crippen LogP contribution is -2.33. The molecule has 0 spiro atoms. The van der Waals surface area contributed by atoms with Crippen molar-refractivity contribution in [2.75, 3.05) is 19.8 Å². The van der Waals surface area contributed by atoms with E-state index >= 15 is 0 Å². The summed E-state index contributed by atoms with van der Waals surface area (Å²) < 4.78 is 5.35. The van der Waals surface area contributed by atoms with Crippen molar-refractivity contribution in [1.29, 1.82) is 0 Å². The molecule has 0 saturated heterocycles. The van der Waals surface area contributed by atoms with Gasteiger partial charge in [0.25, 0.3) is 0 Å². The Morgan fingerprint density at radius 3 is 2.81 bits per heavy atom. The topological polar surface area (TPSA) is 21.3 Å². The molecular formula is C14H29NO. The molecule has 0 aromatic rings. The summed E-state index contributed by atoms with van der Waals surface area (Å²) >= 11 is 0. The van der Waals surface area contributed by atoms with Gasteiger partial charge in [-0.2, -0.15) is 0 Å². The van der Waals surface area contributed by atoms with E-state index in [9.17, 15) is 0 Å². The summed E-state index contributed by atoms with van der Waals surface area (Å²) in [6.07, 6.45) is 9.60. The zero-order valence-corrected chi connectivity index (χ0v) is 11.1. The molecule has 0 bridgehead atoms. The van der Waals surface area contributed by atoms with E-state index in [1.165, 1.54) is 38.5 Å². The second-order valence-electron chi connectivity index (χ2n) is 4.94. The fraction of sp³-hybridized carbons (Fsp3) is 1.00. The van der Waals surface area contributed by atoms with Crippen LogP contribution >= 0.6 is 0 Å². The summed E-state index contributed by atoms with van der Waals surface area (Å²) in [4.78, 5) is 0. The van der Waals surface area contributed by atoms with Crippen LogP contribution in [0.3, 0.4) is 0 Å². The van der Waals surface area contributed by atoms with Crippen LogP contribution in [0.1, 0.15) is 58.8 Å². The second kappa shape index (κ2) is 9.00. The van der Waals surface area contributed by atoms with Crippen molar-refractivity contribution in [3.8, 4) is 0 Å². The smallest absolute Gasteiger partial charge is 0.0477 e. The highest BCUT2D eigenvalue weighted by atomic mass is 16.5. The minimum absolute atomic E-state index is 0.799. The van der Waals surface area contributed by atoms with Gasteiger partial charge in [-0.25, -0.2) is 0 Å². The van der Waals surface area contributed by atoms with Crippen LogP contribution in [0, 0.1) is 5.92 Å². The Morgan fingerprint density at radius 1 is 1.19 bits per heavy atom.